The van der Waals surface area contributed by atoms with Crippen molar-refractivity contribution in [3.63, 3.8) is 0 Å². The topological polar surface area (TPSA) is 82.3 Å². The van der Waals surface area contributed by atoms with Crippen molar-refractivity contribution in [2.75, 3.05) is 12.4 Å². The zero-order chi connectivity index (χ0) is 26.9. The number of nitrogens with one attached hydrogen (secondary N) is 1. The number of amides is 1. The van der Waals surface area contributed by atoms with Gasteiger partial charge in [0.25, 0.3) is 5.91 Å². The first-order chi connectivity index (χ1) is 17.5. The zero-order valence-corrected chi connectivity index (χ0v) is 21.8. The summed E-state index contributed by atoms with van der Waals surface area (Å²) >= 11 is 2.89. The fraction of sp³-hybridized carbons (Fsp3) is 0.115. The average Bonchev–Trinajstić information content (AvgIpc) is 2.84. The number of rotatable bonds is 5. The highest BCUT2D eigenvalue weighted by Crippen LogP contribution is 2.41. The number of methoxy groups -OCH3 is 1. The average molecular weight is 591 g/mol. The highest BCUT2D eigenvalue weighted by atomic mass is 79.9. The minimum absolute atomic E-state index is 0.101. The number of halogens is 4. The zero-order valence-electron chi connectivity index (χ0n) is 19.4. The van der Waals surface area contributed by atoms with E-state index in [1.54, 1.807) is 55.5 Å². The Morgan fingerprint density at radius 2 is 1.76 bits per heavy atom. The van der Waals surface area contributed by atoms with Crippen LogP contribution < -0.4 is 10.0 Å². The van der Waals surface area contributed by atoms with Crippen LogP contribution in [-0.4, -0.2) is 24.5 Å². The molecule has 0 fully saturated rings. The van der Waals surface area contributed by atoms with E-state index in [-0.39, 0.29) is 32.9 Å². The van der Waals surface area contributed by atoms with Crippen molar-refractivity contribution in [1.29, 1.82) is 0 Å². The second kappa shape index (κ2) is 10.4. The highest BCUT2D eigenvalue weighted by molar-refractivity contribution is 9.10. The molecule has 1 aromatic heterocycles. The van der Waals surface area contributed by atoms with Crippen LogP contribution in [0.3, 0.4) is 0 Å². The van der Waals surface area contributed by atoms with Crippen LogP contribution in [0.5, 0.6) is 0 Å². The summed E-state index contributed by atoms with van der Waals surface area (Å²) in [6.07, 6.45) is 0. The third kappa shape index (κ3) is 5.57. The van der Waals surface area contributed by atoms with Crippen LogP contribution in [0.2, 0.25) is 0 Å². The minimum atomic E-state index is -4.68. The summed E-state index contributed by atoms with van der Waals surface area (Å²) in [6, 6.07) is 17.1. The predicted octanol–water partition coefficient (Wildman–Crippen LogP) is 6.86. The Morgan fingerprint density at radius 3 is 2.41 bits per heavy atom. The lowest BCUT2D eigenvalue weighted by molar-refractivity contribution is -0.565. The molecule has 0 bridgehead atoms. The van der Waals surface area contributed by atoms with Gasteiger partial charge >= 0.3 is 11.5 Å². The molecule has 1 N–H and O–H groups in total. The number of benzene rings is 3. The Hall–Kier alpha value is -3.57. The van der Waals surface area contributed by atoms with Crippen LogP contribution in [0.4, 0.5) is 18.9 Å². The molecule has 0 radical (unpaired) electrons. The predicted molar refractivity (Wildman–Crippen MR) is 138 cm³/mol. The molecule has 0 atom stereocenters. The van der Waals surface area contributed by atoms with Crippen LogP contribution >= 0.6 is 27.7 Å². The maximum absolute atomic E-state index is 13.6. The molecule has 1 heterocycles. The molecule has 4 rings (SSSR count). The third-order valence-electron chi connectivity index (χ3n) is 5.53. The SMILES string of the molecule is COC(=O)c1ccc(NC(=O)c2c(C)c(-c3ccccc3)[n+]([O-])c3ccc(Br)cc23)c(SC(F)(F)F)c1. The molecule has 1 amide bonds. The van der Waals surface area contributed by atoms with Crippen LogP contribution in [0.1, 0.15) is 26.3 Å². The molecule has 3 aromatic carbocycles. The second-order valence-corrected chi connectivity index (χ2v) is 9.90. The van der Waals surface area contributed by atoms with Crippen LogP contribution in [0.25, 0.3) is 22.2 Å². The summed E-state index contributed by atoms with van der Waals surface area (Å²) in [4.78, 5) is 25.1. The number of thioether (sulfide) groups is 1. The molecule has 4 aromatic rings. The van der Waals surface area contributed by atoms with E-state index in [1.807, 2.05) is 0 Å². The number of nitrogens with zero attached hydrogens (tertiary/aromatic N) is 1. The van der Waals surface area contributed by atoms with Gasteiger partial charge in [-0.3, -0.25) is 4.79 Å². The minimum Gasteiger partial charge on any atom is -0.618 e. The number of ether oxygens (including phenoxy) is 1. The molecule has 11 heteroatoms. The maximum Gasteiger partial charge on any atom is 0.446 e. The number of aromatic nitrogens is 1. The van der Waals surface area contributed by atoms with Gasteiger partial charge in [-0.25, -0.2) is 4.79 Å². The molecule has 0 saturated heterocycles. The number of carbonyl (C=O) groups is 2. The largest absolute Gasteiger partial charge is 0.618 e. The molecular weight excluding hydrogens is 573 g/mol. The Balaban J connectivity index is 1.89. The number of hydrogen-bond acceptors (Lipinski definition) is 5. The summed E-state index contributed by atoms with van der Waals surface area (Å²) in [5, 5.41) is 16.2. The summed E-state index contributed by atoms with van der Waals surface area (Å²) in [6.45, 7) is 1.61. The number of hydrogen-bond donors (Lipinski definition) is 1. The highest BCUT2D eigenvalue weighted by Gasteiger charge is 2.32. The molecule has 0 unspecified atom stereocenters. The Kier molecular flexibility index (Phi) is 7.47. The van der Waals surface area contributed by atoms with E-state index < -0.39 is 29.1 Å². The number of carbonyl (C=O) groups excluding carboxylic acids is 2. The van der Waals surface area contributed by atoms with Crippen LogP contribution in [0, 0.1) is 12.1 Å². The van der Waals surface area contributed by atoms with Gasteiger partial charge in [0.05, 0.1) is 29.3 Å². The third-order valence-corrected chi connectivity index (χ3v) is 6.81. The van der Waals surface area contributed by atoms with Gasteiger partial charge in [0.2, 0.25) is 11.2 Å². The smallest absolute Gasteiger partial charge is 0.446 e. The number of pyridine rings is 1. The molecule has 0 aliphatic rings. The van der Waals surface area contributed by atoms with Gasteiger partial charge in [-0.05, 0) is 61.2 Å². The molecule has 0 spiro atoms. The van der Waals surface area contributed by atoms with Crippen molar-refractivity contribution in [3.8, 4) is 11.3 Å². The van der Waals surface area contributed by atoms with Gasteiger partial charge in [0.15, 0.2) is 0 Å². The lowest BCUT2D eigenvalue weighted by Gasteiger charge is -2.17. The quantitative estimate of drug-likeness (QED) is 0.119. The van der Waals surface area contributed by atoms with E-state index >= 15 is 0 Å². The van der Waals surface area contributed by atoms with Crippen molar-refractivity contribution in [3.05, 3.63) is 93.1 Å². The van der Waals surface area contributed by atoms with Crippen LogP contribution in [-0.2, 0) is 4.74 Å². The van der Waals surface area contributed by atoms with Gasteiger partial charge in [0.1, 0.15) is 0 Å². The number of fused-ring (bicyclic) bond motifs is 1. The van der Waals surface area contributed by atoms with E-state index in [2.05, 4.69) is 26.0 Å². The number of alkyl halides is 3. The van der Waals surface area contributed by atoms with Crippen molar-refractivity contribution in [2.24, 2.45) is 0 Å². The lowest BCUT2D eigenvalue weighted by atomic mass is 9.97. The van der Waals surface area contributed by atoms with Gasteiger partial charge in [-0.2, -0.15) is 17.9 Å². The molecule has 6 nitrogen and oxygen atoms in total. The fourth-order valence-corrected chi connectivity index (χ4v) is 4.99. The number of anilines is 1. The summed E-state index contributed by atoms with van der Waals surface area (Å²) in [5.74, 6) is -1.53. The van der Waals surface area contributed by atoms with Gasteiger partial charge in [-0.1, -0.05) is 34.1 Å². The van der Waals surface area contributed by atoms with Crippen molar-refractivity contribution in [1.82, 2.24) is 0 Å². The summed E-state index contributed by atoms with van der Waals surface area (Å²) in [7, 11) is 1.11. The van der Waals surface area contributed by atoms with E-state index in [1.165, 1.54) is 12.1 Å². The van der Waals surface area contributed by atoms with Crippen LogP contribution in [0.15, 0.2) is 76.1 Å². The maximum atomic E-state index is 13.6. The van der Waals surface area contributed by atoms with Gasteiger partial charge < -0.3 is 15.3 Å². The normalized spacial score (nSPS) is 11.4. The second-order valence-electron chi connectivity index (χ2n) is 7.87. The molecular formula is C26H18BrF3N2O4S. The van der Waals surface area contributed by atoms with Crippen molar-refractivity contribution in [2.45, 2.75) is 17.3 Å². The van der Waals surface area contributed by atoms with E-state index in [9.17, 15) is 28.0 Å². The molecule has 0 aliphatic carbocycles. The van der Waals surface area contributed by atoms with Crippen molar-refractivity contribution >= 4 is 56.2 Å². The number of esters is 1. The Morgan fingerprint density at radius 1 is 1.05 bits per heavy atom. The first kappa shape index (κ1) is 26.5. The van der Waals surface area contributed by atoms with E-state index in [4.69, 9.17) is 0 Å². The Bertz CT molecular complexity index is 1530. The lowest BCUT2D eigenvalue weighted by Crippen LogP contribution is -2.33. The first-order valence-corrected chi connectivity index (χ1v) is 12.3. The van der Waals surface area contributed by atoms with E-state index in [0.29, 0.717) is 21.0 Å². The fourth-order valence-electron chi connectivity index (χ4n) is 3.97. The molecule has 0 saturated carbocycles. The molecule has 0 aliphatic heterocycles. The summed E-state index contributed by atoms with van der Waals surface area (Å²) in [5.41, 5.74) is -3.43. The van der Waals surface area contributed by atoms with Gasteiger partial charge in [0, 0.05) is 26.6 Å². The molecule has 37 heavy (non-hydrogen) atoms. The Labute approximate surface area is 222 Å². The van der Waals surface area contributed by atoms with E-state index in [0.717, 1.165) is 17.9 Å². The monoisotopic (exact) mass is 590 g/mol. The molecule has 190 valence electrons. The summed E-state index contributed by atoms with van der Waals surface area (Å²) < 4.78 is 45.8. The first-order valence-electron chi connectivity index (χ1n) is 10.7. The van der Waals surface area contributed by atoms with Gasteiger partial charge in [-0.15, -0.1) is 0 Å². The van der Waals surface area contributed by atoms with Crippen molar-refractivity contribution < 1.29 is 32.2 Å². The standard InChI is InChI=1S/C26H18BrF3N2O4S/c1-14-22(18-13-17(27)9-11-20(18)32(35)23(14)15-6-4-3-5-7-15)24(33)31-19-10-8-16(25(34)36-2)12-21(19)37-26(28,29)30/h3-13H,1-2H3,(H,31,33).